The third-order valence-electron chi connectivity index (χ3n) is 4.58. The number of carbonyl (C=O) groups excluding carboxylic acids is 3. The van der Waals surface area contributed by atoms with E-state index >= 15 is 0 Å². The number of aromatic amines is 1. The van der Waals surface area contributed by atoms with Gasteiger partial charge in [0.15, 0.2) is 5.78 Å². The fraction of sp³-hybridized carbons (Fsp3) is 0.500. The average molecular weight is 386 g/mol. The van der Waals surface area contributed by atoms with Crippen LogP contribution in [0.1, 0.15) is 63.4 Å². The number of Topliss-reactive ketones (excluding diaryl/α,β-unsaturated/α-hetero) is 2. The second kappa shape index (κ2) is 9.15. The Morgan fingerprint density at radius 3 is 2.50 bits per heavy atom. The zero-order chi connectivity index (χ0) is 20.9. The third-order valence-corrected chi connectivity index (χ3v) is 4.58. The van der Waals surface area contributed by atoms with Gasteiger partial charge in [0, 0.05) is 34.7 Å². The summed E-state index contributed by atoms with van der Waals surface area (Å²) in [6.07, 6.45) is 3.90. The molecule has 0 bridgehead atoms. The molecule has 0 aliphatic rings. The molecule has 28 heavy (non-hydrogen) atoms. The van der Waals surface area contributed by atoms with Gasteiger partial charge >= 0.3 is 0 Å². The van der Waals surface area contributed by atoms with Crippen LogP contribution in [-0.2, 0) is 16.0 Å². The second-order valence-corrected chi connectivity index (χ2v) is 8.24. The van der Waals surface area contributed by atoms with E-state index in [-0.39, 0.29) is 11.3 Å². The lowest BCUT2D eigenvalue weighted by atomic mass is 10.0. The molecule has 6 nitrogen and oxygen atoms in total. The Hall–Kier alpha value is -2.47. The van der Waals surface area contributed by atoms with Gasteiger partial charge in [-0.2, -0.15) is 0 Å². The molecule has 0 aliphatic carbocycles. The molecule has 0 fully saturated rings. The van der Waals surface area contributed by atoms with Crippen molar-refractivity contribution in [2.45, 2.75) is 65.5 Å². The highest BCUT2D eigenvalue weighted by molar-refractivity contribution is 6.38. The second-order valence-electron chi connectivity index (χ2n) is 8.24. The van der Waals surface area contributed by atoms with Crippen LogP contribution >= 0.6 is 0 Å². The van der Waals surface area contributed by atoms with Crippen molar-refractivity contribution in [1.29, 1.82) is 0 Å². The lowest BCUT2D eigenvalue weighted by molar-refractivity contribution is -0.139. The predicted octanol–water partition coefficient (Wildman–Crippen LogP) is 3.16. The molecule has 1 amide bonds. The summed E-state index contributed by atoms with van der Waals surface area (Å²) in [5, 5.41) is 6.94. The molecule has 1 aromatic heterocycles. The van der Waals surface area contributed by atoms with E-state index < -0.39 is 17.7 Å². The fourth-order valence-corrected chi connectivity index (χ4v) is 3.24. The summed E-state index contributed by atoms with van der Waals surface area (Å²) in [7, 11) is 0. The number of nitrogens with one attached hydrogen (secondary N) is 3. The first-order valence-electron chi connectivity index (χ1n) is 9.83. The maximum Gasteiger partial charge on any atom is 0.289 e. The van der Waals surface area contributed by atoms with Gasteiger partial charge in [0.05, 0.1) is 6.04 Å². The van der Waals surface area contributed by atoms with Crippen LogP contribution in [0.5, 0.6) is 0 Å². The van der Waals surface area contributed by atoms with Crippen LogP contribution < -0.4 is 10.6 Å². The first-order chi connectivity index (χ1) is 13.1. The van der Waals surface area contributed by atoms with Gasteiger partial charge in [0.2, 0.25) is 5.78 Å². The van der Waals surface area contributed by atoms with Gasteiger partial charge in [-0.25, -0.2) is 0 Å². The third kappa shape index (κ3) is 5.76. The van der Waals surface area contributed by atoms with Gasteiger partial charge in [-0.15, -0.1) is 0 Å². The quantitative estimate of drug-likeness (QED) is 0.457. The van der Waals surface area contributed by atoms with E-state index in [1.807, 2.05) is 46.0 Å². The van der Waals surface area contributed by atoms with Gasteiger partial charge in [0.1, 0.15) is 0 Å². The molecular weight excluding hydrogens is 354 g/mol. The summed E-state index contributed by atoms with van der Waals surface area (Å²) in [5.41, 5.74) is 2.36. The molecule has 3 N–H and O–H groups in total. The van der Waals surface area contributed by atoms with E-state index in [0.29, 0.717) is 24.9 Å². The van der Waals surface area contributed by atoms with Gasteiger partial charge < -0.3 is 15.6 Å². The molecule has 0 aliphatic heterocycles. The first-order valence-corrected chi connectivity index (χ1v) is 9.83. The summed E-state index contributed by atoms with van der Waals surface area (Å²) in [5.74, 6) is -0.963. The lowest BCUT2D eigenvalue weighted by Crippen LogP contribution is -2.52. The number of rotatable bonds is 9. The highest BCUT2D eigenvalue weighted by atomic mass is 16.2. The van der Waals surface area contributed by atoms with Crippen LogP contribution in [0.4, 0.5) is 0 Å². The largest absolute Gasteiger partial charge is 0.361 e. The summed E-state index contributed by atoms with van der Waals surface area (Å²) < 4.78 is 0. The number of aromatic nitrogens is 1. The Morgan fingerprint density at radius 2 is 1.89 bits per heavy atom. The monoisotopic (exact) mass is 385 g/mol. The normalized spacial score (nSPS) is 12.8. The SMILES string of the molecule is CCCC(NC(C)(C)C)C(=O)C(=O)NCCc1c[nH]c2ccc(C(C)=O)cc12. The standard InChI is InChI=1S/C22H31N3O3/c1-6-7-19(25-22(3,4)5)20(27)21(28)23-11-10-16-13-24-18-9-8-15(14(2)26)12-17(16)18/h8-9,12-13,19,24-25H,6-7,10-11H2,1-5H3,(H,23,28). The first kappa shape index (κ1) is 21.8. The number of hydrogen-bond acceptors (Lipinski definition) is 4. The van der Waals surface area contributed by atoms with Crippen LogP contribution in [0.25, 0.3) is 10.9 Å². The van der Waals surface area contributed by atoms with Gasteiger partial charge in [-0.3, -0.25) is 14.4 Å². The topological polar surface area (TPSA) is 91.1 Å². The lowest BCUT2D eigenvalue weighted by Gasteiger charge is -2.27. The number of hydrogen-bond donors (Lipinski definition) is 3. The molecule has 2 aromatic rings. The summed E-state index contributed by atoms with van der Waals surface area (Å²) in [4.78, 5) is 39.6. The van der Waals surface area contributed by atoms with Crippen LogP contribution in [0.2, 0.25) is 0 Å². The Bertz CT molecular complexity index is 862. The van der Waals surface area contributed by atoms with E-state index in [9.17, 15) is 14.4 Å². The van der Waals surface area contributed by atoms with Crippen molar-refractivity contribution in [3.05, 3.63) is 35.5 Å². The molecule has 6 heteroatoms. The van der Waals surface area contributed by atoms with E-state index in [1.54, 1.807) is 6.07 Å². The van der Waals surface area contributed by atoms with Crippen LogP contribution in [0.15, 0.2) is 24.4 Å². The van der Waals surface area contributed by atoms with E-state index in [0.717, 1.165) is 22.9 Å². The molecule has 0 saturated heterocycles. The van der Waals surface area contributed by atoms with E-state index in [2.05, 4.69) is 15.6 Å². The maximum absolute atomic E-state index is 12.5. The summed E-state index contributed by atoms with van der Waals surface area (Å²) >= 11 is 0. The minimum Gasteiger partial charge on any atom is -0.361 e. The molecule has 1 aromatic carbocycles. The summed E-state index contributed by atoms with van der Waals surface area (Å²) in [6.45, 7) is 9.83. The zero-order valence-electron chi connectivity index (χ0n) is 17.4. The predicted molar refractivity (Wildman–Crippen MR) is 112 cm³/mol. The Kier molecular flexibility index (Phi) is 7.13. The van der Waals surface area contributed by atoms with Gasteiger partial charge in [-0.1, -0.05) is 13.3 Å². The number of benzene rings is 1. The van der Waals surface area contributed by atoms with E-state index in [4.69, 9.17) is 0 Å². The minimum atomic E-state index is -0.556. The van der Waals surface area contributed by atoms with Gasteiger partial charge in [0.25, 0.3) is 5.91 Å². The van der Waals surface area contributed by atoms with Crippen molar-refractivity contribution in [1.82, 2.24) is 15.6 Å². The molecular formula is C22H31N3O3. The molecule has 1 atom stereocenters. The minimum absolute atomic E-state index is 0.0151. The van der Waals surface area contributed by atoms with Crippen molar-refractivity contribution in [2.24, 2.45) is 0 Å². The van der Waals surface area contributed by atoms with Crippen molar-refractivity contribution in [2.75, 3.05) is 6.54 Å². The molecule has 0 spiro atoms. The number of carbonyl (C=O) groups is 3. The zero-order valence-corrected chi connectivity index (χ0v) is 17.4. The van der Waals surface area contributed by atoms with Crippen molar-refractivity contribution < 1.29 is 14.4 Å². The molecule has 1 unspecified atom stereocenters. The van der Waals surface area contributed by atoms with Crippen molar-refractivity contribution in [3.63, 3.8) is 0 Å². The van der Waals surface area contributed by atoms with Crippen LogP contribution in [-0.4, -0.2) is 40.6 Å². The highest BCUT2D eigenvalue weighted by Crippen LogP contribution is 2.20. The van der Waals surface area contributed by atoms with Crippen molar-refractivity contribution in [3.8, 4) is 0 Å². The highest BCUT2D eigenvalue weighted by Gasteiger charge is 2.27. The molecule has 1 heterocycles. The molecule has 2 rings (SSSR count). The number of fused-ring (bicyclic) bond motifs is 1. The number of H-pyrrole nitrogens is 1. The van der Waals surface area contributed by atoms with Crippen molar-refractivity contribution >= 4 is 28.4 Å². The maximum atomic E-state index is 12.5. The molecule has 152 valence electrons. The fourth-order valence-electron chi connectivity index (χ4n) is 3.24. The van der Waals surface area contributed by atoms with Gasteiger partial charge in [-0.05, 0) is 64.3 Å². The smallest absolute Gasteiger partial charge is 0.289 e. The summed E-state index contributed by atoms with van der Waals surface area (Å²) in [6, 6.07) is 5.06. The van der Waals surface area contributed by atoms with Crippen LogP contribution in [0.3, 0.4) is 0 Å². The molecule has 0 radical (unpaired) electrons. The Labute approximate surface area is 166 Å². The molecule has 0 saturated carbocycles. The number of amides is 1. The van der Waals surface area contributed by atoms with E-state index in [1.165, 1.54) is 6.92 Å². The Balaban J connectivity index is 1.99. The van der Waals surface area contributed by atoms with Crippen LogP contribution in [0, 0.1) is 0 Å². The number of ketones is 2. The Morgan fingerprint density at radius 1 is 1.18 bits per heavy atom. The average Bonchev–Trinajstić information content (AvgIpc) is 3.01.